The normalized spacial score (nSPS) is 12.1. The minimum Gasteiger partial charge on any atom is -0.504 e. The number of halogens is 2. The average Bonchev–Trinajstić information content (AvgIpc) is 2.56. The van der Waals surface area contributed by atoms with Crippen LogP contribution >= 0.6 is 23.2 Å². The minimum atomic E-state index is -0.855. The third-order valence-corrected chi connectivity index (χ3v) is 3.95. The summed E-state index contributed by atoms with van der Waals surface area (Å²) in [6, 6.07) is 6.25. The van der Waals surface area contributed by atoms with Crippen LogP contribution in [-0.4, -0.2) is 54.3 Å². The van der Waals surface area contributed by atoms with Gasteiger partial charge in [0.05, 0.1) is 15.7 Å². The van der Waals surface area contributed by atoms with E-state index in [1.54, 1.807) is 25.1 Å². The van der Waals surface area contributed by atoms with E-state index in [9.17, 15) is 9.90 Å². The van der Waals surface area contributed by atoms with Crippen molar-refractivity contribution in [3.05, 3.63) is 40.5 Å². The lowest BCUT2D eigenvalue weighted by Gasteiger charge is -2.16. The predicted octanol–water partition coefficient (Wildman–Crippen LogP) is 3.63. The monoisotopic (exact) mass is 398 g/mol. The lowest BCUT2D eigenvalue weighted by atomic mass is 10.1. The molecule has 140 valence electrons. The Balaban J connectivity index is 2.06. The largest absolute Gasteiger partial charge is 0.504 e. The number of ether oxygens (including phenoxy) is 2. The predicted molar refractivity (Wildman–Crippen MR) is 101 cm³/mol. The van der Waals surface area contributed by atoms with Gasteiger partial charge >= 0.3 is 5.97 Å². The van der Waals surface area contributed by atoms with E-state index in [4.69, 9.17) is 32.7 Å². The van der Waals surface area contributed by atoms with Gasteiger partial charge in [0.15, 0.2) is 17.6 Å². The third kappa shape index (κ3) is 5.49. The molecule has 1 aromatic carbocycles. The van der Waals surface area contributed by atoms with E-state index in [2.05, 4.69) is 4.98 Å². The van der Waals surface area contributed by atoms with E-state index >= 15 is 0 Å². The van der Waals surface area contributed by atoms with Crippen LogP contribution in [0.5, 0.6) is 11.5 Å². The van der Waals surface area contributed by atoms with Crippen LogP contribution in [-0.2, 0) is 9.53 Å². The summed E-state index contributed by atoms with van der Waals surface area (Å²) in [5, 5.41) is 11.0. The number of phenols is 1. The van der Waals surface area contributed by atoms with Crippen molar-refractivity contribution in [2.24, 2.45) is 0 Å². The van der Waals surface area contributed by atoms with Gasteiger partial charge in [-0.25, -0.2) is 4.79 Å². The van der Waals surface area contributed by atoms with Crippen molar-refractivity contribution in [2.45, 2.75) is 13.0 Å². The Morgan fingerprint density at radius 2 is 2.04 bits per heavy atom. The van der Waals surface area contributed by atoms with Gasteiger partial charge in [-0.05, 0) is 45.3 Å². The zero-order valence-corrected chi connectivity index (χ0v) is 16.2. The molecular formula is C18H20Cl2N2O4. The number of hydrogen-bond donors (Lipinski definition) is 1. The molecule has 0 saturated carbocycles. The number of hydrogen-bond acceptors (Lipinski definition) is 6. The van der Waals surface area contributed by atoms with Crippen molar-refractivity contribution in [2.75, 3.05) is 27.2 Å². The highest BCUT2D eigenvalue weighted by Crippen LogP contribution is 2.34. The fraction of sp³-hybridized carbons (Fsp3) is 0.333. The van der Waals surface area contributed by atoms with Crippen molar-refractivity contribution in [3.8, 4) is 22.8 Å². The SMILES string of the molecule is CC(Oc1ccc(-c2ncc(Cl)cc2Cl)cc1O)C(=O)OCCN(C)C. The number of aromatic hydroxyl groups is 1. The summed E-state index contributed by atoms with van der Waals surface area (Å²) in [7, 11) is 3.77. The minimum absolute atomic E-state index is 0.136. The van der Waals surface area contributed by atoms with Gasteiger partial charge in [0.2, 0.25) is 0 Å². The second-order valence-corrected chi connectivity index (χ2v) is 6.74. The number of phenolic OH excluding ortho intramolecular Hbond substituents is 1. The number of carbonyl (C=O) groups excluding carboxylic acids is 1. The Bertz CT molecular complexity index is 784. The molecule has 26 heavy (non-hydrogen) atoms. The van der Waals surface area contributed by atoms with Gasteiger partial charge in [0, 0.05) is 18.3 Å². The van der Waals surface area contributed by atoms with Crippen LogP contribution in [0.3, 0.4) is 0 Å². The van der Waals surface area contributed by atoms with Gasteiger partial charge in [0.25, 0.3) is 0 Å². The molecule has 2 aromatic rings. The molecule has 0 spiro atoms. The van der Waals surface area contributed by atoms with Crippen LogP contribution < -0.4 is 4.74 Å². The standard InChI is InChI=1S/C18H20Cl2N2O4/c1-11(18(24)25-7-6-22(2)3)26-16-5-4-12(8-15(16)23)17-14(20)9-13(19)10-21-17/h4-5,8-11,23H,6-7H2,1-3H3. The molecule has 8 heteroatoms. The molecule has 1 heterocycles. The molecule has 1 atom stereocenters. The van der Waals surface area contributed by atoms with Crippen molar-refractivity contribution in [1.82, 2.24) is 9.88 Å². The number of rotatable bonds is 7. The summed E-state index contributed by atoms with van der Waals surface area (Å²) in [6.07, 6.45) is 0.613. The Labute approximate surface area is 162 Å². The Kier molecular flexibility index (Phi) is 7.08. The van der Waals surface area contributed by atoms with Gasteiger partial charge < -0.3 is 19.5 Å². The molecular weight excluding hydrogens is 379 g/mol. The van der Waals surface area contributed by atoms with Crippen molar-refractivity contribution in [3.63, 3.8) is 0 Å². The summed E-state index contributed by atoms with van der Waals surface area (Å²) in [5.74, 6) is -0.475. The second-order valence-electron chi connectivity index (χ2n) is 5.90. The fourth-order valence-electron chi connectivity index (χ4n) is 2.08. The van der Waals surface area contributed by atoms with Crippen LogP contribution in [0, 0.1) is 0 Å². The van der Waals surface area contributed by atoms with Crippen LogP contribution in [0.1, 0.15) is 6.92 Å². The smallest absolute Gasteiger partial charge is 0.347 e. The molecule has 0 amide bonds. The molecule has 0 fully saturated rings. The molecule has 0 radical (unpaired) electrons. The third-order valence-electron chi connectivity index (χ3n) is 3.46. The molecule has 6 nitrogen and oxygen atoms in total. The highest BCUT2D eigenvalue weighted by Gasteiger charge is 2.19. The number of nitrogens with zero attached hydrogens (tertiary/aromatic N) is 2. The maximum atomic E-state index is 11.9. The highest BCUT2D eigenvalue weighted by molar-refractivity contribution is 6.36. The second kappa shape index (κ2) is 9.07. The highest BCUT2D eigenvalue weighted by atomic mass is 35.5. The molecule has 0 aliphatic heterocycles. The van der Waals surface area contributed by atoms with E-state index in [-0.39, 0.29) is 18.1 Å². The van der Waals surface area contributed by atoms with Crippen molar-refractivity contribution in [1.29, 1.82) is 0 Å². The molecule has 1 unspecified atom stereocenters. The first-order chi connectivity index (χ1) is 12.3. The molecule has 0 aliphatic rings. The zero-order valence-electron chi connectivity index (χ0n) is 14.7. The zero-order chi connectivity index (χ0) is 19.3. The van der Waals surface area contributed by atoms with E-state index in [1.807, 2.05) is 19.0 Å². The number of likely N-dealkylation sites (N-methyl/N-ethyl adjacent to an activating group) is 1. The van der Waals surface area contributed by atoms with E-state index in [0.29, 0.717) is 27.8 Å². The summed E-state index contributed by atoms with van der Waals surface area (Å²) >= 11 is 12.0. The number of esters is 1. The van der Waals surface area contributed by atoms with E-state index in [0.717, 1.165) is 0 Å². The van der Waals surface area contributed by atoms with Crippen LogP contribution in [0.15, 0.2) is 30.5 Å². The van der Waals surface area contributed by atoms with Crippen molar-refractivity contribution < 1.29 is 19.4 Å². The summed E-state index contributed by atoms with van der Waals surface area (Å²) < 4.78 is 10.6. The topological polar surface area (TPSA) is 71.9 Å². The molecule has 2 rings (SSSR count). The van der Waals surface area contributed by atoms with Gasteiger partial charge in [-0.15, -0.1) is 0 Å². The molecule has 1 N–H and O–H groups in total. The van der Waals surface area contributed by atoms with E-state index < -0.39 is 12.1 Å². The van der Waals surface area contributed by atoms with Crippen LogP contribution in [0.2, 0.25) is 10.0 Å². The molecule has 0 bridgehead atoms. The number of benzene rings is 1. The van der Waals surface area contributed by atoms with E-state index in [1.165, 1.54) is 12.3 Å². The lowest BCUT2D eigenvalue weighted by molar-refractivity contribution is -0.151. The maximum absolute atomic E-state index is 11.9. The molecule has 0 saturated heterocycles. The Morgan fingerprint density at radius 3 is 2.65 bits per heavy atom. The van der Waals surface area contributed by atoms with Gasteiger partial charge in [-0.1, -0.05) is 23.2 Å². The summed E-state index contributed by atoms with van der Waals surface area (Å²) in [4.78, 5) is 18.0. The first-order valence-electron chi connectivity index (χ1n) is 7.90. The average molecular weight is 399 g/mol. The first-order valence-corrected chi connectivity index (χ1v) is 8.66. The van der Waals surface area contributed by atoms with Gasteiger partial charge in [-0.3, -0.25) is 4.98 Å². The first kappa shape index (κ1) is 20.3. The fourth-order valence-corrected chi connectivity index (χ4v) is 2.57. The van der Waals surface area contributed by atoms with Gasteiger partial charge in [-0.2, -0.15) is 0 Å². The van der Waals surface area contributed by atoms with Crippen LogP contribution in [0.4, 0.5) is 0 Å². The Morgan fingerprint density at radius 1 is 1.31 bits per heavy atom. The number of pyridine rings is 1. The van der Waals surface area contributed by atoms with Crippen molar-refractivity contribution >= 4 is 29.2 Å². The Hall–Kier alpha value is -2.02. The maximum Gasteiger partial charge on any atom is 0.347 e. The number of aromatic nitrogens is 1. The van der Waals surface area contributed by atoms with Crippen LogP contribution in [0.25, 0.3) is 11.3 Å². The molecule has 0 aliphatic carbocycles. The quantitative estimate of drug-likeness (QED) is 0.717. The number of carbonyl (C=O) groups is 1. The van der Waals surface area contributed by atoms with Gasteiger partial charge in [0.1, 0.15) is 6.61 Å². The molecule has 1 aromatic heterocycles. The summed E-state index contributed by atoms with van der Waals surface area (Å²) in [6.45, 7) is 2.45. The lowest BCUT2D eigenvalue weighted by Crippen LogP contribution is -2.29. The summed E-state index contributed by atoms with van der Waals surface area (Å²) in [5.41, 5.74) is 1.08.